The van der Waals surface area contributed by atoms with Gasteiger partial charge in [-0.1, -0.05) is 18.2 Å². The van der Waals surface area contributed by atoms with E-state index in [-0.39, 0.29) is 5.91 Å². The van der Waals surface area contributed by atoms with Crippen molar-refractivity contribution >= 4 is 44.9 Å². The maximum absolute atomic E-state index is 12.3. The number of hydrogen-bond donors (Lipinski definition) is 1. The van der Waals surface area contributed by atoms with Crippen LogP contribution in [0.1, 0.15) is 32.1 Å². The van der Waals surface area contributed by atoms with Crippen molar-refractivity contribution in [1.82, 2.24) is 4.98 Å². The molecule has 116 valence electrons. The molecule has 1 aromatic heterocycles. The van der Waals surface area contributed by atoms with E-state index in [4.69, 9.17) is 0 Å². The molecule has 0 unspecified atom stereocenters. The number of fused-ring (bicyclic) bond motifs is 3. The summed E-state index contributed by atoms with van der Waals surface area (Å²) in [4.78, 5) is 16.8. The zero-order valence-electron chi connectivity index (χ0n) is 12.7. The monoisotopic (exact) mass is 332 g/mol. The highest BCUT2D eigenvalue weighted by atomic mass is 32.2. The Kier molecular flexibility index (Phi) is 3.86. The van der Waals surface area contributed by atoms with Crippen molar-refractivity contribution in [2.45, 2.75) is 36.4 Å². The van der Waals surface area contributed by atoms with Gasteiger partial charge in [0.25, 0.3) is 0 Å². The Bertz CT molecular complexity index is 712. The normalized spacial score (nSPS) is 26.7. The molecule has 2 bridgehead atoms. The predicted octanol–water partition coefficient (Wildman–Crippen LogP) is 4.78. The molecule has 0 spiro atoms. The van der Waals surface area contributed by atoms with Crippen LogP contribution >= 0.6 is 23.1 Å². The summed E-state index contributed by atoms with van der Waals surface area (Å²) in [6.07, 6.45) is 8.09. The molecule has 0 radical (unpaired) electrons. The fraction of sp³-hybridized carbons (Fsp3) is 0.529. The van der Waals surface area contributed by atoms with Gasteiger partial charge in [-0.15, -0.1) is 11.3 Å². The summed E-state index contributed by atoms with van der Waals surface area (Å²) in [5.74, 6) is 2.51. The third kappa shape index (κ3) is 2.76. The van der Waals surface area contributed by atoms with E-state index in [0.717, 1.165) is 32.1 Å². The van der Waals surface area contributed by atoms with Crippen molar-refractivity contribution < 1.29 is 4.79 Å². The fourth-order valence-electron chi connectivity index (χ4n) is 4.15. The lowest BCUT2D eigenvalue weighted by molar-refractivity contribution is -0.117. The molecular formula is C17H20N2OS2. The molecule has 1 amide bonds. The fourth-order valence-corrected chi connectivity index (χ4v) is 5.67. The summed E-state index contributed by atoms with van der Waals surface area (Å²) in [5, 5.41) is 3.08. The Hall–Kier alpha value is -1.07. The first-order valence-corrected chi connectivity index (χ1v) is 10.00. The molecule has 1 heterocycles. The summed E-state index contributed by atoms with van der Waals surface area (Å²) in [6.45, 7) is 0. The predicted molar refractivity (Wildman–Crippen MR) is 93.6 cm³/mol. The quantitative estimate of drug-likeness (QED) is 0.819. The van der Waals surface area contributed by atoms with Gasteiger partial charge in [-0.05, 0) is 61.5 Å². The minimum absolute atomic E-state index is 0.173. The molecule has 4 rings (SSSR count). The average molecular weight is 332 g/mol. The van der Waals surface area contributed by atoms with E-state index in [1.807, 2.05) is 24.5 Å². The summed E-state index contributed by atoms with van der Waals surface area (Å²) in [6, 6.07) is 6.01. The van der Waals surface area contributed by atoms with Gasteiger partial charge in [-0.2, -0.15) is 0 Å². The summed E-state index contributed by atoms with van der Waals surface area (Å²) < 4.78 is 2.21. The van der Waals surface area contributed by atoms with Crippen LogP contribution in [0, 0.1) is 17.8 Å². The molecule has 0 saturated heterocycles. The van der Waals surface area contributed by atoms with E-state index in [1.165, 1.54) is 25.7 Å². The molecule has 22 heavy (non-hydrogen) atoms. The van der Waals surface area contributed by atoms with Crippen LogP contribution in [-0.2, 0) is 4.79 Å². The second kappa shape index (κ2) is 5.85. The Morgan fingerprint density at radius 1 is 1.41 bits per heavy atom. The lowest BCUT2D eigenvalue weighted by Crippen LogP contribution is -2.20. The first-order valence-electron chi connectivity index (χ1n) is 7.95. The van der Waals surface area contributed by atoms with Crippen LogP contribution < -0.4 is 5.32 Å². The van der Waals surface area contributed by atoms with Gasteiger partial charge < -0.3 is 5.32 Å². The molecule has 2 saturated carbocycles. The van der Waals surface area contributed by atoms with Crippen molar-refractivity contribution in [1.29, 1.82) is 0 Å². The number of hydrogen-bond acceptors (Lipinski definition) is 4. The van der Waals surface area contributed by atoms with Gasteiger partial charge in [0.05, 0.1) is 10.2 Å². The maximum Gasteiger partial charge on any atom is 0.224 e. The molecule has 3 nitrogen and oxygen atoms in total. The van der Waals surface area contributed by atoms with E-state index in [0.29, 0.717) is 12.3 Å². The van der Waals surface area contributed by atoms with Crippen LogP contribution in [0.3, 0.4) is 0 Å². The number of carbonyl (C=O) groups is 1. The van der Waals surface area contributed by atoms with Crippen molar-refractivity contribution in [3.63, 3.8) is 0 Å². The first kappa shape index (κ1) is 14.5. The number of benzene rings is 1. The number of aromatic nitrogens is 1. The highest BCUT2D eigenvalue weighted by Gasteiger charge is 2.40. The van der Waals surface area contributed by atoms with Gasteiger partial charge in [0, 0.05) is 12.1 Å². The molecule has 3 atom stereocenters. The lowest BCUT2D eigenvalue weighted by atomic mass is 9.86. The maximum atomic E-state index is 12.3. The van der Waals surface area contributed by atoms with Crippen LogP contribution in [0.15, 0.2) is 22.5 Å². The number of nitrogens with one attached hydrogen (secondary N) is 1. The van der Waals surface area contributed by atoms with Crippen LogP contribution in [-0.4, -0.2) is 17.1 Å². The Morgan fingerprint density at radius 2 is 2.32 bits per heavy atom. The van der Waals surface area contributed by atoms with E-state index < -0.39 is 0 Å². The minimum atomic E-state index is 0.173. The topological polar surface area (TPSA) is 42.0 Å². The van der Waals surface area contributed by atoms with E-state index in [9.17, 15) is 4.79 Å². The van der Waals surface area contributed by atoms with Crippen LogP contribution in [0.2, 0.25) is 0 Å². The Labute approximate surface area is 138 Å². The van der Waals surface area contributed by atoms with Gasteiger partial charge in [0.1, 0.15) is 0 Å². The number of carbonyl (C=O) groups excluding carboxylic acids is 1. The highest BCUT2D eigenvalue weighted by molar-refractivity contribution is 8.00. The SMILES string of the molecule is CSc1nc2ccc(NC(=O)C[C@H]3C[C@H]4CC[C@H]3C4)cc2s1. The number of thioether (sulfide) groups is 1. The van der Waals surface area contributed by atoms with Crippen LogP contribution in [0.4, 0.5) is 5.69 Å². The second-order valence-electron chi connectivity index (χ2n) is 6.55. The van der Waals surface area contributed by atoms with Crippen molar-refractivity contribution in [2.24, 2.45) is 17.8 Å². The van der Waals surface area contributed by atoms with Crippen LogP contribution in [0.25, 0.3) is 10.2 Å². The Morgan fingerprint density at radius 3 is 3.05 bits per heavy atom. The first-order chi connectivity index (χ1) is 10.7. The zero-order chi connectivity index (χ0) is 15.1. The smallest absolute Gasteiger partial charge is 0.224 e. The summed E-state index contributed by atoms with van der Waals surface area (Å²) in [7, 11) is 0. The highest BCUT2D eigenvalue weighted by Crippen LogP contribution is 2.49. The number of anilines is 1. The molecule has 1 aromatic carbocycles. The van der Waals surface area contributed by atoms with Gasteiger partial charge in [-0.3, -0.25) is 4.79 Å². The molecular weight excluding hydrogens is 312 g/mol. The third-order valence-electron chi connectivity index (χ3n) is 5.16. The minimum Gasteiger partial charge on any atom is -0.326 e. The molecule has 0 aliphatic heterocycles. The van der Waals surface area contributed by atoms with Gasteiger partial charge in [0.15, 0.2) is 4.34 Å². The standard InChI is InChI=1S/C17H20N2OS2/c1-21-17-19-14-5-4-13(9-15(14)22-17)18-16(20)8-12-7-10-2-3-11(12)6-10/h4-5,9-12H,2-3,6-8H2,1H3,(H,18,20)/t10-,11-,12+/m0/s1. The molecule has 2 fully saturated rings. The van der Waals surface area contributed by atoms with Crippen molar-refractivity contribution in [3.8, 4) is 0 Å². The Balaban J connectivity index is 1.42. The van der Waals surface area contributed by atoms with Crippen molar-refractivity contribution in [2.75, 3.05) is 11.6 Å². The second-order valence-corrected chi connectivity index (χ2v) is 8.64. The average Bonchev–Trinajstić information content (AvgIpc) is 3.20. The molecule has 2 aliphatic rings. The lowest BCUT2D eigenvalue weighted by Gasteiger charge is -2.20. The molecule has 2 aromatic rings. The van der Waals surface area contributed by atoms with Gasteiger partial charge >= 0.3 is 0 Å². The number of nitrogens with zero attached hydrogens (tertiary/aromatic N) is 1. The van der Waals surface area contributed by atoms with Crippen LogP contribution in [0.5, 0.6) is 0 Å². The molecule has 1 N–H and O–H groups in total. The van der Waals surface area contributed by atoms with E-state index in [1.54, 1.807) is 23.1 Å². The van der Waals surface area contributed by atoms with Gasteiger partial charge in [0.2, 0.25) is 5.91 Å². The van der Waals surface area contributed by atoms with Gasteiger partial charge in [-0.25, -0.2) is 4.98 Å². The van der Waals surface area contributed by atoms with Crippen molar-refractivity contribution in [3.05, 3.63) is 18.2 Å². The largest absolute Gasteiger partial charge is 0.326 e. The molecule has 2 aliphatic carbocycles. The van der Waals surface area contributed by atoms with E-state index >= 15 is 0 Å². The third-order valence-corrected chi connectivity index (χ3v) is 7.16. The number of amides is 1. The van der Waals surface area contributed by atoms with E-state index in [2.05, 4.69) is 10.3 Å². The zero-order valence-corrected chi connectivity index (χ0v) is 14.3. The number of thiazole rings is 1. The molecule has 5 heteroatoms. The number of rotatable bonds is 4. The summed E-state index contributed by atoms with van der Waals surface area (Å²) in [5.41, 5.74) is 1.91. The summed E-state index contributed by atoms with van der Waals surface area (Å²) >= 11 is 3.34.